The summed E-state index contributed by atoms with van der Waals surface area (Å²) in [7, 11) is 0. The minimum atomic E-state index is 0.110. The molecule has 0 N–H and O–H groups in total. The Hall–Kier alpha value is -3.12. The first-order valence-corrected chi connectivity index (χ1v) is 11.8. The fourth-order valence-corrected chi connectivity index (χ4v) is 4.54. The van der Waals surface area contributed by atoms with E-state index in [4.69, 9.17) is 21.6 Å². The third kappa shape index (κ3) is 4.67. The zero-order valence-corrected chi connectivity index (χ0v) is 20.3. The maximum absolute atomic E-state index is 11.8. The number of aromatic nitrogens is 2. The van der Waals surface area contributed by atoms with Crippen LogP contribution in [-0.2, 0) is 4.79 Å². The molecule has 0 saturated carbocycles. The van der Waals surface area contributed by atoms with Crippen LogP contribution in [0.25, 0.3) is 28.0 Å². The Morgan fingerprint density at radius 3 is 2.39 bits per heavy atom. The summed E-state index contributed by atoms with van der Waals surface area (Å²) in [5.74, 6) is 1.58. The molecule has 0 bridgehead atoms. The van der Waals surface area contributed by atoms with Gasteiger partial charge in [0.25, 0.3) is 0 Å². The van der Waals surface area contributed by atoms with E-state index in [2.05, 4.69) is 48.4 Å². The van der Waals surface area contributed by atoms with Crippen molar-refractivity contribution in [1.29, 1.82) is 0 Å². The Labute approximate surface area is 200 Å². The molecule has 1 aliphatic rings. The number of halogens is 1. The molecular weight excluding hydrogens is 434 g/mol. The Kier molecular flexibility index (Phi) is 6.84. The maximum Gasteiger partial charge on any atom is 0.219 e. The number of hydrogen-bond donors (Lipinski definition) is 0. The number of piperazine rings is 1. The van der Waals surface area contributed by atoms with E-state index in [1.807, 2.05) is 29.2 Å². The topological polar surface area (TPSA) is 52.6 Å². The molecule has 1 aliphatic heterocycles. The van der Waals surface area contributed by atoms with Crippen LogP contribution in [0.2, 0.25) is 5.02 Å². The second-order valence-corrected chi connectivity index (χ2v) is 8.60. The molecule has 2 aromatic carbocycles. The molecule has 3 aromatic rings. The van der Waals surface area contributed by atoms with Gasteiger partial charge in [-0.15, -0.1) is 0 Å². The fourth-order valence-electron chi connectivity index (χ4n) is 4.32. The summed E-state index contributed by atoms with van der Waals surface area (Å²) in [6, 6.07) is 13.9. The summed E-state index contributed by atoms with van der Waals surface area (Å²) >= 11 is 6.50. The molecule has 2 heterocycles. The average Bonchev–Trinajstić information content (AvgIpc) is 2.84. The number of rotatable bonds is 6. The molecule has 7 heteroatoms. The van der Waals surface area contributed by atoms with Crippen LogP contribution < -0.4 is 4.90 Å². The molecule has 172 valence electrons. The number of hydrogen-bond acceptors (Lipinski definition) is 5. The Morgan fingerprint density at radius 1 is 1.06 bits per heavy atom. The first-order valence-electron chi connectivity index (χ1n) is 11.4. The number of nitrogens with zero attached hydrogens (tertiary/aromatic N) is 5. The van der Waals surface area contributed by atoms with Gasteiger partial charge in [-0.1, -0.05) is 36.4 Å². The summed E-state index contributed by atoms with van der Waals surface area (Å²) in [6.07, 6.45) is 0. The largest absolute Gasteiger partial charge is 0.372 e. The van der Waals surface area contributed by atoms with Gasteiger partial charge in [0, 0.05) is 62.8 Å². The lowest BCUT2D eigenvalue weighted by Crippen LogP contribution is -2.48. The highest BCUT2D eigenvalue weighted by Crippen LogP contribution is 2.33. The first kappa shape index (κ1) is 23.1. The van der Waals surface area contributed by atoms with Crippen molar-refractivity contribution in [3.63, 3.8) is 0 Å². The highest BCUT2D eigenvalue weighted by atomic mass is 35.5. The van der Waals surface area contributed by atoms with E-state index in [9.17, 15) is 4.79 Å². The monoisotopic (exact) mass is 463 g/mol. The highest BCUT2D eigenvalue weighted by Gasteiger charge is 2.23. The number of amides is 1. The highest BCUT2D eigenvalue weighted by molar-refractivity contribution is 6.33. The Morgan fingerprint density at radius 2 is 1.76 bits per heavy atom. The molecule has 0 atom stereocenters. The average molecular weight is 464 g/mol. The smallest absolute Gasteiger partial charge is 0.219 e. The molecular formula is C26H30ClN5O. The Bertz CT molecular complexity index is 1180. The summed E-state index contributed by atoms with van der Waals surface area (Å²) < 4.78 is 0. The summed E-state index contributed by atoms with van der Waals surface area (Å²) in [5.41, 5.74) is 3.69. The Balaban J connectivity index is 1.82. The molecule has 33 heavy (non-hydrogen) atoms. The zero-order chi connectivity index (χ0) is 23.5. The van der Waals surface area contributed by atoms with Crippen molar-refractivity contribution < 1.29 is 4.79 Å². The molecule has 6 nitrogen and oxygen atoms in total. The second kappa shape index (κ2) is 9.79. The standard InChI is InChI=1S/C26H30ClN5O/c1-5-30(6-2)18(3)20-11-12-22-24(17-20)28-25(21-9-7-8-10-23(21)27)29-26(22)32-15-13-31(14-16-32)19(4)33/h7-12,17H,3,5-6,13-16H2,1-2,4H3. The third-order valence-corrected chi connectivity index (χ3v) is 6.62. The van der Waals surface area contributed by atoms with Gasteiger partial charge in [-0.3, -0.25) is 4.79 Å². The van der Waals surface area contributed by atoms with Crippen LogP contribution in [0.15, 0.2) is 49.0 Å². The number of carbonyl (C=O) groups is 1. The van der Waals surface area contributed by atoms with Crippen molar-refractivity contribution in [1.82, 2.24) is 19.8 Å². The van der Waals surface area contributed by atoms with Crippen LogP contribution in [-0.4, -0.2) is 64.9 Å². The van der Waals surface area contributed by atoms with E-state index in [0.29, 0.717) is 23.9 Å². The molecule has 0 aliphatic carbocycles. The predicted octanol–water partition coefficient (Wildman–Crippen LogP) is 4.93. The van der Waals surface area contributed by atoms with E-state index in [1.165, 1.54) is 0 Å². The van der Waals surface area contributed by atoms with Gasteiger partial charge in [0.2, 0.25) is 5.91 Å². The minimum absolute atomic E-state index is 0.110. The lowest BCUT2D eigenvalue weighted by Gasteiger charge is -2.35. The van der Waals surface area contributed by atoms with Crippen LogP contribution in [0.1, 0.15) is 26.3 Å². The van der Waals surface area contributed by atoms with Crippen LogP contribution in [0.5, 0.6) is 0 Å². The van der Waals surface area contributed by atoms with Crippen LogP contribution in [0.4, 0.5) is 5.82 Å². The van der Waals surface area contributed by atoms with Crippen LogP contribution >= 0.6 is 11.6 Å². The van der Waals surface area contributed by atoms with Crippen molar-refractivity contribution in [3.05, 3.63) is 59.6 Å². The normalized spacial score (nSPS) is 13.9. The third-order valence-electron chi connectivity index (χ3n) is 6.29. The van der Waals surface area contributed by atoms with E-state index < -0.39 is 0 Å². The van der Waals surface area contributed by atoms with Crippen molar-refractivity contribution in [2.24, 2.45) is 0 Å². The molecule has 0 unspecified atom stereocenters. The van der Waals surface area contributed by atoms with Gasteiger partial charge in [-0.05, 0) is 43.7 Å². The van der Waals surface area contributed by atoms with Crippen LogP contribution in [0, 0.1) is 0 Å². The van der Waals surface area contributed by atoms with Gasteiger partial charge < -0.3 is 14.7 Å². The molecule has 4 rings (SSSR count). The van der Waals surface area contributed by atoms with E-state index >= 15 is 0 Å². The lowest BCUT2D eigenvalue weighted by atomic mass is 10.1. The molecule has 1 amide bonds. The summed E-state index contributed by atoms with van der Waals surface area (Å²) in [5, 5.41) is 1.60. The van der Waals surface area contributed by atoms with Gasteiger partial charge in [0.05, 0.1) is 10.5 Å². The summed E-state index contributed by atoms with van der Waals surface area (Å²) in [6.45, 7) is 14.8. The molecule has 1 fully saturated rings. The first-order chi connectivity index (χ1) is 15.9. The van der Waals surface area contributed by atoms with Crippen LogP contribution in [0.3, 0.4) is 0 Å². The SMILES string of the molecule is C=C(c1ccc2c(N3CCN(C(C)=O)CC3)nc(-c3ccccc3Cl)nc2c1)N(CC)CC. The van der Waals surface area contributed by atoms with Crippen molar-refractivity contribution >= 4 is 39.9 Å². The van der Waals surface area contributed by atoms with Crippen molar-refractivity contribution in [3.8, 4) is 11.4 Å². The van der Waals surface area contributed by atoms with Crippen molar-refractivity contribution in [2.45, 2.75) is 20.8 Å². The maximum atomic E-state index is 11.8. The van der Waals surface area contributed by atoms with E-state index in [1.54, 1.807) is 6.92 Å². The van der Waals surface area contributed by atoms with Gasteiger partial charge in [-0.25, -0.2) is 9.97 Å². The molecule has 1 aromatic heterocycles. The molecule has 1 saturated heterocycles. The zero-order valence-electron chi connectivity index (χ0n) is 19.5. The minimum Gasteiger partial charge on any atom is -0.372 e. The lowest BCUT2D eigenvalue weighted by molar-refractivity contribution is -0.129. The fraction of sp³-hybridized carbons (Fsp3) is 0.346. The number of fused-ring (bicyclic) bond motifs is 1. The van der Waals surface area contributed by atoms with Gasteiger partial charge in [0.1, 0.15) is 5.82 Å². The quantitative estimate of drug-likeness (QED) is 0.518. The number of benzene rings is 2. The van der Waals surface area contributed by atoms with Crippen molar-refractivity contribution in [2.75, 3.05) is 44.2 Å². The van der Waals surface area contributed by atoms with Gasteiger partial charge in [0.15, 0.2) is 5.82 Å². The second-order valence-electron chi connectivity index (χ2n) is 8.19. The number of anilines is 1. The molecule has 0 radical (unpaired) electrons. The molecule has 0 spiro atoms. The van der Waals surface area contributed by atoms with E-state index in [-0.39, 0.29) is 5.91 Å². The summed E-state index contributed by atoms with van der Waals surface area (Å²) in [4.78, 5) is 28.0. The number of carbonyl (C=O) groups excluding carboxylic acids is 1. The van der Waals surface area contributed by atoms with Gasteiger partial charge >= 0.3 is 0 Å². The van der Waals surface area contributed by atoms with Gasteiger partial charge in [-0.2, -0.15) is 0 Å². The predicted molar refractivity (Wildman–Crippen MR) is 136 cm³/mol. The van der Waals surface area contributed by atoms with E-state index in [0.717, 1.165) is 59.7 Å².